The number of hydrogen-bond acceptors (Lipinski definition) is 2. The van der Waals surface area contributed by atoms with Crippen LogP contribution in [-0.2, 0) is 4.79 Å². The van der Waals surface area contributed by atoms with Crippen LogP contribution in [-0.4, -0.2) is 16.9 Å². The van der Waals surface area contributed by atoms with E-state index in [0.717, 1.165) is 12.8 Å². The first-order valence-corrected chi connectivity index (χ1v) is 6.47. The number of rotatable bonds is 4. The van der Waals surface area contributed by atoms with Crippen molar-refractivity contribution in [2.45, 2.75) is 45.6 Å². The zero-order valence-electron chi connectivity index (χ0n) is 9.95. The van der Waals surface area contributed by atoms with Gasteiger partial charge in [0.15, 0.2) is 0 Å². The summed E-state index contributed by atoms with van der Waals surface area (Å²) in [6.45, 7) is 4.21. The summed E-state index contributed by atoms with van der Waals surface area (Å²) in [6.07, 6.45) is 4.09. The highest BCUT2D eigenvalue weighted by Crippen LogP contribution is 2.46. The molecule has 1 atom stereocenters. The van der Waals surface area contributed by atoms with Crippen LogP contribution >= 0.6 is 12.2 Å². The molecule has 3 nitrogen and oxygen atoms in total. The van der Waals surface area contributed by atoms with E-state index in [9.17, 15) is 4.79 Å². The number of nitrogens with two attached hydrogens (primary N) is 1. The molecule has 0 spiro atoms. The van der Waals surface area contributed by atoms with E-state index < -0.39 is 5.41 Å². The van der Waals surface area contributed by atoms with Gasteiger partial charge >= 0.3 is 0 Å². The first-order chi connectivity index (χ1) is 7.45. The molecule has 0 heterocycles. The Morgan fingerprint density at radius 1 is 1.50 bits per heavy atom. The smallest absolute Gasteiger partial charge is 0.233 e. The summed E-state index contributed by atoms with van der Waals surface area (Å²) >= 11 is 5.06. The average molecular weight is 240 g/mol. The molecule has 0 aromatic carbocycles. The van der Waals surface area contributed by atoms with E-state index in [2.05, 4.69) is 19.2 Å². The zero-order valence-corrected chi connectivity index (χ0v) is 10.8. The van der Waals surface area contributed by atoms with E-state index in [1.54, 1.807) is 0 Å². The second-order valence-corrected chi connectivity index (χ2v) is 6.00. The highest BCUT2D eigenvalue weighted by Gasteiger charge is 2.51. The van der Waals surface area contributed by atoms with E-state index in [-0.39, 0.29) is 11.9 Å². The van der Waals surface area contributed by atoms with Crippen LogP contribution in [0.1, 0.15) is 39.5 Å². The van der Waals surface area contributed by atoms with Crippen LogP contribution in [0.5, 0.6) is 0 Å². The van der Waals surface area contributed by atoms with Crippen molar-refractivity contribution in [1.29, 1.82) is 0 Å². The Bertz CT molecular complexity index is 319. The third kappa shape index (κ3) is 1.95. The lowest BCUT2D eigenvalue weighted by molar-refractivity contribution is -0.133. The minimum atomic E-state index is -0.544. The largest absolute Gasteiger partial charge is 0.392 e. The lowest BCUT2D eigenvalue weighted by atomic mass is 9.62. The summed E-state index contributed by atoms with van der Waals surface area (Å²) in [5.41, 5.74) is 5.19. The van der Waals surface area contributed by atoms with Crippen LogP contribution < -0.4 is 11.1 Å². The molecule has 0 aromatic heterocycles. The van der Waals surface area contributed by atoms with E-state index in [0.29, 0.717) is 16.8 Å². The number of thiocarbonyl (C=S) groups is 1. The lowest BCUT2D eigenvalue weighted by Crippen LogP contribution is -2.57. The van der Waals surface area contributed by atoms with Crippen molar-refractivity contribution in [2.24, 2.45) is 23.0 Å². The van der Waals surface area contributed by atoms with Crippen molar-refractivity contribution in [3.8, 4) is 0 Å². The average Bonchev–Trinajstić information content (AvgIpc) is 2.94. The molecule has 4 heteroatoms. The van der Waals surface area contributed by atoms with E-state index in [4.69, 9.17) is 18.0 Å². The first kappa shape index (κ1) is 11.8. The summed E-state index contributed by atoms with van der Waals surface area (Å²) in [4.78, 5) is 12.6. The van der Waals surface area contributed by atoms with E-state index in [1.807, 2.05) is 0 Å². The van der Waals surface area contributed by atoms with Gasteiger partial charge in [0.2, 0.25) is 5.91 Å². The standard InChI is InChI=1S/C12H20N2OS/c1-7-5-12(6-7,10(13)16)11(15)14-8(2)9-3-4-9/h7-9H,3-6H2,1-2H3,(H2,13,16)(H,14,15). The summed E-state index contributed by atoms with van der Waals surface area (Å²) in [7, 11) is 0. The van der Waals surface area contributed by atoms with Crippen LogP contribution in [0.2, 0.25) is 0 Å². The van der Waals surface area contributed by atoms with Gasteiger partial charge in [-0.3, -0.25) is 4.79 Å². The molecule has 0 aliphatic heterocycles. The predicted octanol–water partition coefficient (Wildman–Crippen LogP) is 1.60. The molecule has 2 aliphatic rings. The maximum absolute atomic E-state index is 12.2. The number of hydrogen-bond donors (Lipinski definition) is 2. The second-order valence-electron chi connectivity index (χ2n) is 5.56. The molecule has 16 heavy (non-hydrogen) atoms. The van der Waals surface area contributed by atoms with Crippen LogP contribution in [0.25, 0.3) is 0 Å². The minimum absolute atomic E-state index is 0.0532. The third-order valence-corrected chi connectivity index (χ3v) is 4.38. The van der Waals surface area contributed by atoms with Crippen LogP contribution in [0.3, 0.4) is 0 Å². The summed E-state index contributed by atoms with van der Waals surface area (Å²) in [6, 6.07) is 0.273. The number of carbonyl (C=O) groups excluding carboxylic acids is 1. The van der Waals surface area contributed by atoms with Crippen molar-refractivity contribution in [2.75, 3.05) is 0 Å². The van der Waals surface area contributed by atoms with E-state index in [1.165, 1.54) is 12.8 Å². The van der Waals surface area contributed by atoms with Crippen LogP contribution in [0.4, 0.5) is 0 Å². The van der Waals surface area contributed by atoms with Crippen molar-refractivity contribution < 1.29 is 4.79 Å². The monoisotopic (exact) mass is 240 g/mol. The topological polar surface area (TPSA) is 55.1 Å². The number of amides is 1. The highest BCUT2D eigenvalue weighted by atomic mass is 32.1. The van der Waals surface area contributed by atoms with Crippen molar-refractivity contribution in [3.63, 3.8) is 0 Å². The number of nitrogens with one attached hydrogen (secondary N) is 1. The maximum Gasteiger partial charge on any atom is 0.233 e. The summed E-state index contributed by atoms with van der Waals surface area (Å²) in [5.74, 6) is 1.28. The number of carbonyl (C=O) groups is 1. The molecular formula is C12H20N2OS. The Balaban J connectivity index is 1.98. The zero-order chi connectivity index (χ0) is 11.9. The van der Waals surface area contributed by atoms with Gasteiger partial charge in [-0.25, -0.2) is 0 Å². The first-order valence-electron chi connectivity index (χ1n) is 6.06. The Morgan fingerprint density at radius 3 is 2.44 bits per heavy atom. The summed E-state index contributed by atoms with van der Waals surface area (Å²) < 4.78 is 0. The molecule has 1 amide bonds. The van der Waals surface area contributed by atoms with Crippen molar-refractivity contribution in [3.05, 3.63) is 0 Å². The highest BCUT2D eigenvalue weighted by molar-refractivity contribution is 7.80. The Hall–Kier alpha value is -0.640. The molecule has 2 fully saturated rings. The molecule has 0 radical (unpaired) electrons. The van der Waals surface area contributed by atoms with Crippen molar-refractivity contribution >= 4 is 23.1 Å². The molecule has 1 unspecified atom stereocenters. The van der Waals surface area contributed by atoms with Gasteiger partial charge in [-0.2, -0.15) is 0 Å². The SMILES string of the molecule is CC1CC(C(=O)NC(C)C2CC2)(C(N)=S)C1. The molecule has 0 aromatic rings. The van der Waals surface area contributed by atoms with Gasteiger partial charge in [-0.15, -0.1) is 0 Å². The van der Waals surface area contributed by atoms with Crippen molar-refractivity contribution in [1.82, 2.24) is 5.32 Å². The van der Waals surface area contributed by atoms with Gasteiger partial charge in [-0.1, -0.05) is 19.1 Å². The van der Waals surface area contributed by atoms with Gasteiger partial charge in [0.05, 0.1) is 10.4 Å². The molecule has 90 valence electrons. The fraction of sp³-hybridized carbons (Fsp3) is 0.833. The van der Waals surface area contributed by atoms with Gasteiger partial charge in [0.1, 0.15) is 0 Å². The van der Waals surface area contributed by atoms with Gasteiger partial charge in [-0.05, 0) is 44.4 Å². The van der Waals surface area contributed by atoms with Gasteiger partial charge in [0, 0.05) is 6.04 Å². The van der Waals surface area contributed by atoms with E-state index >= 15 is 0 Å². The normalized spacial score (nSPS) is 35.0. The molecule has 2 aliphatic carbocycles. The Morgan fingerprint density at radius 2 is 2.06 bits per heavy atom. The summed E-state index contributed by atoms with van der Waals surface area (Å²) in [5, 5.41) is 3.08. The fourth-order valence-corrected chi connectivity index (χ4v) is 2.95. The minimum Gasteiger partial charge on any atom is -0.392 e. The van der Waals surface area contributed by atoms with Gasteiger partial charge in [0.25, 0.3) is 0 Å². The fourth-order valence-electron chi connectivity index (χ4n) is 2.69. The molecule has 2 rings (SSSR count). The van der Waals surface area contributed by atoms with Gasteiger partial charge < -0.3 is 11.1 Å². The Kier molecular flexibility index (Phi) is 2.95. The quantitative estimate of drug-likeness (QED) is 0.734. The molecule has 0 saturated heterocycles. The molecule has 2 saturated carbocycles. The van der Waals surface area contributed by atoms with Crippen LogP contribution in [0, 0.1) is 17.3 Å². The third-order valence-electron chi connectivity index (χ3n) is 3.99. The van der Waals surface area contributed by atoms with Crippen LogP contribution in [0.15, 0.2) is 0 Å². The molecular weight excluding hydrogens is 220 g/mol. The second kappa shape index (κ2) is 3.99. The maximum atomic E-state index is 12.2. The lowest BCUT2D eigenvalue weighted by Gasteiger charge is -2.44. The molecule has 3 N–H and O–H groups in total. The predicted molar refractivity (Wildman–Crippen MR) is 67.9 cm³/mol. The Labute approximate surface area is 102 Å². The molecule has 0 bridgehead atoms.